The Morgan fingerprint density at radius 1 is 0.863 bits per heavy atom. The first-order chi connectivity index (χ1) is 24.6. The van der Waals surface area contributed by atoms with Crippen LogP contribution in [0, 0.1) is 0 Å². The van der Waals surface area contributed by atoms with Gasteiger partial charge in [-0.25, -0.2) is 9.97 Å². The van der Waals surface area contributed by atoms with Crippen LogP contribution >= 0.6 is 0 Å². The fourth-order valence-electron chi connectivity index (χ4n) is 7.38. The van der Waals surface area contributed by atoms with Crippen molar-refractivity contribution >= 4 is 40.1 Å². The largest absolute Gasteiger partial charge is 0.479 e. The Bertz CT molecular complexity index is 1890. The topological polar surface area (TPSA) is 279 Å². The third-order valence-corrected chi connectivity index (χ3v) is 9.65. The lowest BCUT2D eigenvalue weighted by Crippen LogP contribution is -2.46. The summed E-state index contributed by atoms with van der Waals surface area (Å²) in [6.07, 6.45) is 0.845. The number of ether oxygens (including phenoxy) is 6. The third kappa shape index (κ3) is 5.69. The summed E-state index contributed by atoms with van der Waals surface area (Å²) in [6, 6.07) is 0. The summed E-state index contributed by atoms with van der Waals surface area (Å²) in [5.41, 5.74) is 5.39. The quantitative estimate of drug-likeness (QED) is 0.131. The molecule has 0 aliphatic carbocycles. The zero-order valence-electron chi connectivity index (χ0n) is 28.1. The highest BCUT2D eigenvalue weighted by molar-refractivity contribution is 5.88. The van der Waals surface area contributed by atoms with E-state index in [1.807, 2.05) is 0 Å². The summed E-state index contributed by atoms with van der Waals surface area (Å²) in [4.78, 5) is 36.7. The summed E-state index contributed by atoms with van der Waals surface area (Å²) in [5, 5.41) is 42.9. The van der Waals surface area contributed by atoms with E-state index in [1.54, 1.807) is 9.13 Å². The maximum Gasteiger partial charge on any atom is 0.246 e. The van der Waals surface area contributed by atoms with Crippen molar-refractivity contribution in [3.63, 3.8) is 0 Å². The second-order valence-corrected chi connectivity index (χ2v) is 12.6. The second-order valence-electron chi connectivity index (χ2n) is 12.6. The Morgan fingerprint density at radius 2 is 1.35 bits per heavy atom. The minimum Gasteiger partial charge on any atom is -0.479 e. The standard InChI is InChI=1S/C16H21N5O6.C14H19N5O5/c1-8(23)18-15-19-12-10(13(20-15)25-2)17-7-21(12)14-16(4-3-5-26-16)11(24)9(6-22)27-14;1-22-11-8-10(17-13(15)18-11)19(6-16-8)12-14(3-2-4-23-14)9(21)7(5-20)24-12/h7,9,11,14,22,24H,3-6H2,1-2H3,(H,18,19,20,23);6-7,9,12,20-21H,2-5H2,1H3,(H2,15,17,18)/t9?,11-,14?,16+;7?,9-,12?,14+/m11/s1. The van der Waals surface area contributed by atoms with E-state index in [2.05, 4.69) is 35.2 Å². The molecule has 21 nitrogen and oxygen atoms in total. The molecular formula is C30H40N10O11. The molecule has 4 unspecified atom stereocenters. The van der Waals surface area contributed by atoms with Crippen molar-refractivity contribution in [1.29, 1.82) is 0 Å². The van der Waals surface area contributed by atoms with Crippen LogP contribution in [0.4, 0.5) is 11.9 Å². The highest BCUT2D eigenvalue weighted by Crippen LogP contribution is 2.49. The SMILES string of the molecule is COc1nc(N)nc2c1ncn2C1OC(CO)[C@@H](O)[C@@]12CCCO2.COc1nc(NC(C)=O)nc2c1ncn2C1OC(CO)[C@@H](O)[C@@]12CCCO2. The molecule has 8 heterocycles. The molecule has 51 heavy (non-hydrogen) atoms. The first kappa shape index (κ1) is 35.1. The molecule has 4 aromatic rings. The molecule has 4 fully saturated rings. The van der Waals surface area contributed by atoms with Crippen LogP contribution in [0.5, 0.6) is 11.8 Å². The Morgan fingerprint density at radius 3 is 1.78 bits per heavy atom. The van der Waals surface area contributed by atoms with Gasteiger partial charge in [0, 0.05) is 20.1 Å². The summed E-state index contributed by atoms with van der Waals surface area (Å²) in [6.45, 7) is 1.70. The number of hydrogen-bond acceptors (Lipinski definition) is 18. The predicted octanol–water partition coefficient (Wildman–Crippen LogP) is -1.19. The molecule has 21 heteroatoms. The monoisotopic (exact) mass is 716 g/mol. The first-order valence-corrected chi connectivity index (χ1v) is 16.4. The van der Waals surface area contributed by atoms with Crippen LogP contribution in [-0.4, -0.2) is 142 Å². The molecular weight excluding hydrogens is 676 g/mol. The summed E-state index contributed by atoms with van der Waals surface area (Å²) >= 11 is 0. The van der Waals surface area contributed by atoms with Crippen molar-refractivity contribution in [2.75, 3.05) is 51.7 Å². The number of nitrogen functional groups attached to an aromatic ring is 1. The van der Waals surface area contributed by atoms with Gasteiger partial charge in [0.2, 0.25) is 29.6 Å². The average Bonchev–Trinajstić information content (AvgIpc) is 3.98. The van der Waals surface area contributed by atoms with E-state index in [1.165, 1.54) is 33.8 Å². The van der Waals surface area contributed by atoms with E-state index in [9.17, 15) is 25.2 Å². The molecule has 7 N–H and O–H groups in total. The summed E-state index contributed by atoms with van der Waals surface area (Å²) < 4.78 is 37.3. The predicted molar refractivity (Wildman–Crippen MR) is 172 cm³/mol. The van der Waals surface area contributed by atoms with Gasteiger partial charge in [0.25, 0.3) is 0 Å². The number of imidazole rings is 2. The molecule has 0 saturated carbocycles. The minimum atomic E-state index is -1.01. The number of aliphatic hydroxyl groups excluding tert-OH is 4. The molecule has 276 valence electrons. The van der Waals surface area contributed by atoms with Crippen LogP contribution in [0.3, 0.4) is 0 Å². The minimum absolute atomic E-state index is 0.0414. The number of carbonyl (C=O) groups is 1. The second kappa shape index (κ2) is 13.7. The molecule has 8 atom stereocenters. The Kier molecular flexibility index (Phi) is 9.39. The van der Waals surface area contributed by atoms with Gasteiger partial charge in [-0.3, -0.25) is 19.2 Å². The third-order valence-electron chi connectivity index (χ3n) is 9.65. The van der Waals surface area contributed by atoms with Gasteiger partial charge in [-0.1, -0.05) is 0 Å². The van der Waals surface area contributed by atoms with E-state index < -0.39 is 48.1 Å². The number of amides is 1. The van der Waals surface area contributed by atoms with Crippen LogP contribution in [-0.2, 0) is 23.7 Å². The lowest BCUT2D eigenvalue weighted by Gasteiger charge is -2.31. The Balaban J connectivity index is 0.000000160. The molecule has 0 radical (unpaired) electrons. The van der Waals surface area contributed by atoms with Crippen LogP contribution in [0.2, 0.25) is 0 Å². The fraction of sp³-hybridized carbons (Fsp3) is 0.633. The van der Waals surface area contributed by atoms with Gasteiger partial charge in [-0.2, -0.15) is 19.9 Å². The van der Waals surface area contributed by atoms with Gasteiger partial charge >= 0.3 is 0 Å². The van der Waals surface area contributed by atoms with E-state index in [4.69, 9.17) is 34.2 Å². The maximum absolute atomic E-state index is 11.4. The van der Waals surface area contributed by atoms with Crippen molar-refractivity contribution in [2.45, 2.75) is 80.7 Å². The molecule has 4 aliphatic rings. The van der Waals surface area contributed by atoms with E-state index in [0.29, 0.717) is 48.4 Å². The van der Waals surface area contributed by atoms with Crippen LogP contribution in [0.25, 0.3) is 22.3 Å². The number of hydrogen-bond donors (Lipinski definition) is 6. The van der Waals surface area contributed by atoms with Crippen molar-refractivity contribution in [3.05, 3.63) is 12.7 Å². The normalized spacial score (nSPS) is 31.5. The number of nitrogens with one attached hydrogen (secondary N) is 1. The van der Waals surface area contributed by atoms with E-state index >= 15 is 0 Å². The van der Waals surface area contributed by atoms with Crippen molar-refractivity contribution in [1.82, 2.24) is 39.0 Å². The van der Waals surface area contributed by atoms with Gasteiger partial charge < -0.3 is 54.6 Å². The molecule has 1 amide bonds. The van der Waals surface area contributed by atoms with Crippen molar-refractivity contribution in [3.8, 4) is 11.8 Å². The zero-order valence-corrected chi connectivity index (χ0v) is 28.1. The van der Waals surface area contributed by atoms with E-state index in [-0.39, 0.29) is 42.8 Å². The number of anilines is 2. The van der Waals surface area contributed by atoms with E-state index in [0.717, 1.165) is 12.8 Å². The molecule has 0 bridgehead atoms. The number of aromatic nitrogens is 8. The molecule has 0 aromatic carbocycles. The Hall–Kier alpha value is -4.35. The number of nitrogens with two attached hydrogens (primary N) is 1. The number of rotatable bonds is 7. The summed E-state index contributed by atoms with van der Waals surface area (Å²) in [5.74, 6) is 0.231. The lowest BCUT2D eigenvalue weighted by molar-refractivity contribution is -0.119. The maximum atomic E-state index is 11.4. The van der Waals surface area contributed by atoms with Crippen LogP contribution in [0.1, 0.15) is 45.1 Å². The van der Waals surface area contributed by atoms with Gasteiger partial charge in [-0.15, -0.1) is 0 Å². The number of methoxy groups -OCH3 is 2. The summed E-state index contributed by atoms with van der Waals surface area (Å²) in [7, 11) is 2.91. The average molecular weight is 717 g/mol. The number of aliphatic hydroxyl groups is 4. The fourth-order valence-corrected chi connectivity index (χ4v) is 7.38. The van der Waals surface area contributed by atoms with Gasteiger partial charge in [-0.05, 0) is 25.7 Å². The Labute approximate surface area is 289 Å². The number of nitrogens with zero attached hydrogens (tertiary/aromatic N) is 8. The smallest absolute Gasteiger partial charge is 0.246 e. The molecule has 2 spiro atoms. The molecule has 8 rings (SSSR count). The van der Waals surface area contributed by atoms with Crippen LogP contribution in [0.15, 0.2) is 12.7 Å². The van der Waals surface area contributed by atoms with Gasteiger partial charge in [0.1, 0.15) is 35.6 Å². The van der Waals surface area contributed by atoms with Crippen molar-refractivity contribution < 1.29 is 53.6 Å². The zero-order chi connectivity index (χ0) is 36.1. The lowest BCUT2D eigenvalue weighted by atomic mass is 9.91. The number of carbonyl (C=O) groups excluding carboxylic acids is 1. The number of fused-ring (bicyclic) bond motifs is 2. The molecule has 4 aromatic heterocycles. The van der Waals surface area contributed by atoms with Crippen LogP contribution < -0.4 is 20.5 Å². The highest BCUT2D eigenvalue weighted by Gasteiger charge is 2.61. The van der Waals surface area contributed by atoms with Gasteiger partial charge in [0.15, 0.2) is 34.8 Å². The molecule has 4 aliphatic heterocycles. The van der Waals surface area contributed by atoms with Crippen molar-refractivity contribution in [2.24, 2.45) is 0 Å². The van der Waals surface area contributed by atoms with Gasteiger partial charge in [0.05, 0.1) is 40.1 Å². The first-order valence-electron chi connectivity index (χ1n) is 16.4. The highest BCUT2D eigenvalue weighted by atomic mass is 16.6. The molecule has 4 saturated heterocycles.